The molecule has 3 aromatic rings. The molecule has 3 rings (SSSR count). The molecule has 0 atom stereocenters. The van der Waals surface area contributed by atoms with E-state index in [1.54, 1.807) is 24.3 Å². The van der Waals surface area contributed by atoms with Gasteiger partial charge in [0.1, 0.15) is 6.54 Å². The Morgan fingerprint density at radius 2 is 1.86 bits per heavy atom. The number of H-pyrrole nitrogens is 1. The first-order valence-corrected chi connectivity index (χ1v) is 8.79. The zero-order valence-corrected chi connectivity index (χ0v) is 15.7. The number of carbonyl (C=O) groups excluding carboxylic acids is 3. The van der Waals surface area contributed by atoms with Crippen LogP contribution >= 0.6 is 0 Å². The number of rotatable bonds is 6. The molecule has 0 saturated heterocycles. The van der Waals surface area contributed by atoms with Crippen molar-refractivity contribution in [2.24, 2.45) is 0 Å². The van der Waals surface area contributed by atoms with Crippen molar-refractivity contribution in [3.63, 3.8) is 0 Å². The molecule has 0 aliphatic rings. The third-order valence-corrected chi connectivity index (χ3v) is 4.39. The fraction of sp³-hybridized carbons (Fsp3) is 0.190. The second-order valence-corrected chi connectivity index (χ2v) is 6.34. The smallest absolute Gasteiger partial charge is 0.325 e. The Balaban J connectivity index is 1.68. The summed E-state index contributed by atoms with van der Waals surface area (Å²) in [5, 5.41) is 6.30. The van der Waals surface area contributed by atoms with Gasteiger partial charge < -0.3 is 20.4 Å². The zero-order chi connectivity index (χ0) is 20.1. The van der Waals surface area contributed by atoms with E-state index in [9.17, 15) is 14.4 Å². The minimum atomic E-state index is -0.535. The molecular formula is C21H21N3O4. The van der Waals surface area contributed by atoms with Crippen molar-refractivity contribution in [2.75, 3.05) is 19.0 Å². The quantitative estimate of drug-likeness (QED) is 0.573. The topological polar surface area (TPSA) is 100 Å². The molecule has 0 fully saturated rings. The number of anilines is 1. The molecule has 7 nitrogen and oxygen atoms in total. The molecule has 1 heterocycles. The van der Waals surface area contributed by atoms with Crippen molar-refractivity contribution < 1.29 is 19.1 Å². The molecule has 0 radical (unpaired) electrons. The van der Waals surface area contributed by atoms with Crippen LogP contribution in [-0.2, 0) is 20.7 Å². The maximum Gasteiger partial charge on any atom is 0.325 e. The van der Waals surface area contributed by atoms with Gasteiger partial charge in [0.15, 0.2) is 0 Å². The molecule has 0 aliphatic carbocycles. The molecule has 28 heavy (non-hydrogen) atoms. The van der Waals surface area contributed by atoms with Gasteiger partial charge in [0.25, 0.3) is 5.91 Å². The minimum Gasteiger partial charge on any atom is -0.468 e. The Morgan fingerprint density at radius 1 is 1.07 bits per heavy atom. The normalized spacial score (nSPS) is 10.5. The highest BCUT2D eigenvalue weighted by Crippen LogP contribution is 2.22. The first-order chi connectivity index (χ1) is 13.5. The summed E-state index contributed by atoms with van der Waals surface area (Å²) in [5.41, 5.74) is 3.73. The van der Waals surface area contributed by atoms with E-state index < -0.39 is 11.9 Å². The summed E-state index contributed by atoms with van der Waals surface area (Å²) in [4.78, 5) is 39.1. The lowest BCUT2D eigenvalue weighted by Gasteiger charge is -2.08. The standard InChI is InChI=1S/C21H21N3O4/c1-13-17(16-8-3-4-9-18(16)23-13)11-19(25)24-15-7-5-6-14(10-15)21(27)22-12-20(26)28-2/h3-10,23H,11-12H2,1-2H3,(H,22,27)(H,24,25). The van der Waals surface area contributed by atoms with Crippen molar-refractivity contribution in [1.29, 1.82) is 0 Å². The van der Waals surface area contributed by atoms with Gasteiger partial charge in [0, 0.05) is 27.8 Å². The molecule has 2 aromatic carbocycles. The summed E-state index contributed by atoms with van der Waals surface area (Å²) >= 11 is 0. The van der Waals surface area contributed by atoms with Crippen LogP contribution in [0.4, 0.5) is 5.69 Å². The van der Waals surface area contributed by atoms with E-state index >= 15 is 0 Å². The number of esters is 1. The first-order valence-electron chi connectivity index (χ1n) is 8.79. The van der Waals surface area contributed by atoms with Crippen molar-refractivity contribution >= 4 is 34.4 Å². The van der Waals surface area contributed by atoms with E-state index in [0.29, 0.717) is 11.3 Å². The van der Waals surface area contributed by atoms with Crippen LogP contribution < -0.4 is 10.6 Å². The second-order valence-electron chi connectivity index (χ2n) is 6.34. The van der Waals surface area contributed by atoms with Gasteiger partial charge in [-0.1, -0.05) is 24.3 Å². The number of ether oxygens (including phenoxy) is 1. The van der Waals surface area contributed by atoms with E-state index in [2.05, 4.69) is 20.4 Å². The van der Waals surface area contributed by atoms with E-state index in [1.165, 1.54) is 7.11 Å². The summed E-state index contributed by atoms with van der Waals surface area (Å²) in [6.07, 6.45) is 0.217. The third kappa shape index (κ3) is 4.37. The van der Waals surface area contributed by atoms with Crippen LogP contribution in [0.15, 0.2) is 48.5 Å². The van der Waals surface area contributed by atoms with Gasteiger partial charge in [-0.15, -0.1) is 0 Å². The van der Waals surface area contributed by atoms with Gasteiger partial charge in [-0.2, -0.15) is 0 Å². The third-order valence-electron chi connectivity index (χ3n) is 4.39. The Bertz CT molecular complexity index is 1040. The largest absolute Gasteiger partial charge is 0.468 e. The van der Waals surface area contributed by atoms with E-state index in [1.807, 2.05) is 31.2 Å². The number of aromatic nitrogens is 1. The summed E-state index contributed by atoms with van der Waals surface area (Å²) in [5.74, 6) is -1.14. The lowest BCUT2D eigenvalue weighted by Crippen LogP contribution is -2.30. The van der Waals surface area contributed by atoms with Crippen molar-refractivity contribution in [3.8, 4) is 0 Å². The Labute approximate surface area is 162 Å². The average molecular weight is 379 g/mol. The molecule has 3 N–H and O–H groups in total. The van der Waals surface area contributed by atoms with Crippen molar-refractivity contribution in [3.05, 3.63) is 65.4 Å². The monoisotopic (exact) mass is 379 g/mol. The lowest BCUT2D eigenvalue weighted by molar-refractivity contribution is -0.139. The van der Waals surface area contributed by atoms with Gasteiger partial charge in [-0.25, -0.2) is 0 Å². The van der Waals surface area contributed by atoms with Gasteiger partial charge >= 0.3 is 5.97 Å². The molecule has 0 aliphatic heterocycles. The Kier molecular flexibility index (Phi) is 5.74. The summed E-state index contributed by atoms with van der Waals surface area (Å²) in [6, 6.07) is 14.4. The van der Waals surface area contributed by atoms with Gasteiger partial charge in [0.05, 0.1) is 13.5 Å². The van der Waals surface area contributed by atoms with Crippen LogP contribution in [0.2, 0.25) is 0 Å². The number of aryl methyl sites for hydroxylation is 1. The highest BCUT2D eigenvalue weighted by Gasteiger charge is 2.13. The van der Waals surface area contributed by atoms with Crippen molar-refractivity contribution in [1.82, 2.24) is 10.3 Å². The molecule has 144 valence electrons. The Hall–Kier alpha value is -3.61. The molecular weight excluding hydrogens is 358 g/mol. The van der Waals surface area contributed by atoms with E-state index in [0.717, 1.165) is 22.2 Å². The van der Waals surface area contributed by atoms with Crippen molar-refractivity contribution in [2.45, 2.75) is 13.3 Å². The molecule has 0 bridgehead atoms. The highest BCUT2D eigenvalue weighted by molar-refractivity contribution is 5.99. The zero-order valence-electron chi connectivity index (χ0n) is 15.7. The molecule has 2 amide bonds. The van der Waals surface area contributed by atoms with Gasteiger partial charge in [-0.05, 0) is 36.8 Å². The minimum absolute atomic E-state index is 0.181. The highest BCUT2D eigenvalue weighted by atomic mass is 16.5. The van der Waals surface area contributed by atoms with Crippen LogP contribution in [0.25, 0.3) is 10.9 Å². The summed E-state index contributed by atoms with van der Waals surface area (Å²) < 4.78 is 4.49. The number of nitrogens with one attached hydrogen (secondary N) is 3. The van der Waals surface area contributed by atoms with Crippen LogP contribution in [0.3, 0.4) is 0 Å². The molecule has 0 spiro atoms. The molecule has 0 saturated carbocycles. The summed E-state index contributed by atoms with van der Waals surface area (Å²) in [6.45, 7) is 1.72. The molecule has 7 heteroatoms. The number of benzene rings is 2. The summed E-state index contributed by atoms with van der Waals surface area (Å²) in [7, 11) is 1.25. The number of fused-ring (bicyclic) bond motifs is 1. The van der Waals surface area contributed by atoms with Gasteiger partial charge in [-0.3, -0.25) is 14.4 Å². The number of methoxy groups -OCH3 is 1. The fourth-order valence-electron chi connectivity index (χ4n) is 2.99. The molecule has 1 aromatic heterocycles. The van der Waals surface area contributed by atoms with Crippen LogP contribution in [0, 0.1) is 6.92 Å². The van der Waals surface area contributed by atoms with Crippen LogP contribution in [0.5, 0.6) is 0 Å². The number of carbonyl (C=O) groups is 3. The lowest BCUT2D eigenvalue weighted by atomic mass is 10.1. The van der Waals surface area contributed by atoms with Crippen LogP contribution in [0.1, 0.15) is 21.6 Å². The maximum absolute atomic E-state index is 12.5. The van der Waals surface area contributed by atoms with Gasteiger partial charge in [0.2, 0.25) is 5.91 Å². The van der Waals surface area contributed by atoms with E-state index in [4.69, 9.17) is 0 Å². The predicted molar refractivity (Wildman–Crippen MR) is 106 cm³/mol. The second kappa shape index (κ2) is 8.39. The molecule has 0 unspecified atom stereocenters. The fourth-order valence-corrected chi connectivity index (χ4v) is 2.99. The SMILES string of the molecule is COC(=O)CNC(=O)c1cccc(NC(=O)Cc2c(C)[nH]c3ccccc23)c1. The van der Waals surface area contributed by atoms with Crippen LogP contribution in [-0.4, -0.2) is 36.4 Å². The number of amides is 2. The number of para-hydroxylation sites is 1. The predicted octanol–water partition coefficient (Wildman–Crippen LogP) is 2.56. The Morgan fingerprint density at radius 3 is 2.64 bits per heavy atom. The first kappa shape index (κ1) is 19.2. The number of hydrogen-bond donors (Lipinski definition) is 3. The number of hydrogen-bond acceptors (Lipinski definition) is 4. The number of aromatic amines is 1. The average Bonchev–Trinajstić information content (AvgIpc) is 3.01. The van der Waals surface area contributed by atoms with E-state index in [-0.39, 0.29) is 18.9 Å². The maximum atomic E-state index is 12.5.